The number of fused-ring (bicyclic) bond motifs is 1. The second-order valence-electron chi connectivity index (χ2n) is 11.2. The highest BCUT2D eigenvalue weighted by Gasteiger charge is 2.41. The van der Waals surface area contributed by atoms with Gasteiger partial charge in [-0.3, -0.25) is 4.90 Å². The molecule has 1 atom stereocenters. The first-order valence-electron chi connectivity index (χ1n) is 13.7. The Balaban J connectivity index is 1.24. The minimum atomic E-state index is -0.790. The Kier molecular flexibility index (Phi) is 8.09. The number of hydrogen-bond acceptors (Lipinski definition) is 6. The maximum absolute atomic E-state index is 14.5. The van der Waals surface area contributed by atoms with E-state index in [1.54, 1.807) is 6.07 Å². The summed E-state index contributed by atoms with van der Waals surface area (Å²) in [6, 6.07) is 4.14. The van der Waals surface area contributed by atoms with E-state index in [1.165, 1.54) is 31.7 Å². The third kappa shape index (κ3) is 5.45. The first-order chi connectivity index (χ1) is 16.9. The van der Waals surface area contributed by atoms with Crippen LogP contribution in [0.2, 0.25) is 5.02 Å². The normalized spacial score (nSPS) is 29.3. The molecule has 1 N–H and O–H groups in total. The van der Waals surface area contributed by atoms with E-state index >= 15 is 0 Å². The predicted octanol–water partition coefficient (Wildman–Crippen LogP) is 4.39. The Morgan fingerprint density at radius 1 is 0.943 bits per heavy atom. The van der Waals surface area contributed by atoms with Gasteiger partial charge >= 0.3 is 0 Å². The number of hydrogen-bond donors (Lipinski definition) is 1. The predicted molar refractivity (Wildman–Crippen MR) is 140 cm³/mol. The van der Waals surface area contributed by atoms with Crippen LogP contribution in [0, 0.1) is 17.7 Å². The number of likely N-dealkylation sites (tertiary alicyclic amines) is 1. The molecule has 1 aromatic rings. The standard InChI is InChI=1S/C27H42ClFN4O2/c1-19(2)20-3-5-21(6-4-20)31-9-7-22(8-10-31)33-26-17-23(28)24(29)18-25(26)32(27(33)34)12-11-30-13-15-35-16-14-30/h17-22,27,34H,3-16H2,1-2H3. The number of ether oxygens (including phenoxy) is 1. The molecule has 0 spiro atoms. The summed E-state index contributed by atoms with van der Waals surface area (Å²) < 4.78 is 19.9. The zero-order valence-corrected chi connectivity index (χ0v) is 22.1. The average Bonchev–Trinajstić information content (AvgIpc) is 3.13. The highest BCUT2D eigenvalue weighted by Crippen LogP contribution is 2.44. The monoisotopic (exact) mass is 508 g/mol. The van der Waals surface area contributed by atoms with Crippen molar-refractivity contribution in [1.82, 2.24) is 9.80 Å². The third-order valence-electron chi connectivity index (χ3n) is 8.99. The minimum Gasteiger partial charge on any atom is -0.379 e. The van der Waals surface area contributed by atoms with Crippen molar-refractivity contribution in [3.8, 4) is 0 Å². The quantitative estimate of drug-likeness (QED) is 0.614. The molecule has 0 bridgehead atoms. The Hall–Kier alpha value is -1.12. The van der Waals surface area contributed by atoms with E-state index in [2.05, 4.69) is 28.5 Å². The fraction of sp³-hybridized carbons (Fsp3) is 0.778. The van der Waals surface area contributed by atoms with Crippen molar-refractivity contribution in [3.63, 3.8) is 0 Å². The summed E-state index contributed by atoms with van der Waals surface area (Å²) in [7, 11) is 0. The summed E-state index contributed by atoms with van der Waals surface area (Å²) in [5.74, 6) is 1.25. The van der Waals surface area contributed by atoms with Gasteiger partial charge in [0.2, 0.25) is 6.35 Å². The van der Waals surface area contributed by atoms with E-state index < -0.39 is 12.2 Å². The molecule has 2 saturated heterocycles. The summed E-state index contributed by atoms with van der Waals surface area (Å²) in [6.07, 6.45) is 6.55. The Morgan fingerprint density at radius 3 is 2.29 bits per heavy atom. The molecule has 0 aromatic heterocycles. The number of benzene rings is 1. The molecule has 1 unspecified atom stereocenters. The van der Waals surface area contributed by atoms with Crippen LogP contribution in [-0.4, -0.2) is 85.8 Å². The highest BCUT2D eigenvalue weighted by atomic mass is 35.5. The molecule has 5 rings (SSSR count). The largest absolute Gasteiger partial charge is 0.379 e. The zero-order valence-electron chi connectivity index (χ0n) is 21.3. The molecule has 3 fully saturated rings. The van der Waals surface area contributed by atoms with Gasteiger partial charge in [-0.2, -0.15) is 0 Å². The van der Waals surface area contributed by atoms with Gasteiger partial charge in [0.15, 0.2) is 0 Å². The molecular formula is C27H42ClFN4O2. The number of morpholine rings is 1. The molecular weight excluding hydrogens is 467 g/mol. The molecule has 3 aliphatic heterocycles. The number of rotatable bonds is 6. The zero-order chi connectivity index (χ0) is 24.5. The third-order valence-corrected chi connectivity index (χ3v) is 9.28. The van der Waals surface area contributed by atoms with Crippen LogP contribution in [0.25, 0.3) is 0 Å². The van der Waals surface area contributed by atoms with E-state index in [9.17, 15) is 9.50 Å². The summed E-state index contributed by atoms with van der Waals surface area (Å²) in [5.41, 5.74) is 1.61. The van der Waals surface area contributed by atoms with Crippen molar-refractivity contribution in [3.05, 3.63) is 23.0 Å². The number of aliphatic hydroxyl groups excluding tert-OH is 1. The van der Waals surface area contributed by atoms with Crippen LogP contribution in [0.5, 0.6) is 0 Å². The Bertz CT molecular complexity index is 852. The van der Waals surface area contributed by atoms with Gasteiger partial charge in [0, 0.05) is 57.4 Å². The van der Waals surface area contributed by atoms with Gasteiger partial charge < -0.3 is 24.5 Å². The van der Waals surface area contributed by atoms with Crippen LogP contribution in [0.1, 0.15) is 52.4 Å². The first-order valence-corrected chi connectivity index (χ1v) is 14.1. The molecule has 8 heteroatoms. The Labute approximate surface area is 214 Å². The number of halogens is 2. The molecule has 4 aliphatic rings. The summed E-state index contributed by atoms with van der Waals surface area (Å²) in [6.45, 7) is 11.6. The number of piperidine rings is 1. The van der Waals surface area contributed by atoms with Crippen LogP contribution >= 0.6 is 11.6 Å². The lowest BCUT2D eigenvalue weighted by atomic mass is 9.79. The lowest BCUT2D eigenvalue weighted by Crippen LogP contribution is -2.54. The maximum Gasteiger partial charge on any atom is 0.208 e. The van der Waals surface area contributed by atoms with E-state index in [-0.39, 0.29) is 11.1 Å². The molecule has 3 heterocycles. The molecule has 35 heavy (non-hydrogen) atoms. The van der Waals surface area contributed by atoms with E-state index in [0.29, 0.717) is 12.6 Å². The summed E-state index contributed by atoms with van der Waals surface area (Å²) in [5, 5.41) is 11.6. The molecule has 1 aromatic carbocycles. The van der Waals surface area contributed by atoms with Crippen molar-refractivity contribution in [1.29, 1.82) is 0 Å². The van der Waals surface area contributed by atoms with Crippen molar-refractivity contribution < 1.29 is 14.2 Å². The Morgan fingerprint density at radius 2 is 1.63 bits per heavy atom. The van der Waals surface area contributed by atoms with Crippen LogP contribution < -0.4 is 9.80 Å². The lowest BCUT2D eigenvalue weighted by molar-refractivity contribution is 0.0376. The van der Waals surface area contributed by atoms with Crippen molar-refractivity contribution in [2.45, 2.75) is 70.8 Å². The van der Waals surface area contributed by atoms with Gasteiger partial charge in [-0.1, -0.05) is 25.4 Å². The lowest BCUT2D eigenvalue weighted by Gasteiger charge is -2.44. The molecule has 1 aliphatic carbocycles. The SMILES string of the molecule is CC(C)C1CCC(N2CCC(N3c4cc(Cl)c(F)cc4N(CCN4CCOCC4)C3O)CC2)CC1. The molecule has 6 nitrogen and oxygen atoms in total. The van der Waals surface area contributed by atoms with E-state index in [0.717, 1.165) is 82.0 Å². The first kappa shape index (κ1) is 25.5. The molecule has 0 radical (unpaired) electrons. The number of nitrogens with zero attached hydrogens (tertiary/aromatic N) is 4. The minimum absolute atomic E-state index is 0.121. The number of anilines is 2. The molecule has 1 saturated carbocycles. The van der Waals surface area contributed by atoms with Gasteiger partial charge in [0.1, 0.15) is 5.82 Å². The fourth-order valence-corrected chi connectivity index (χ4v) is 6.88. The van der Waals surface area contributed by atoms with Crippen LogP contribution in [0.15, 0.2) is 12.1 Å². The van der Waals surface area contributed by atoms with E-state index in [1.807, 2.05) is 4.90 Å². The van der Waals surface area contributed by atoms with Crippen LogP contribution in [-0.2, 0) is 4.74 Å². The van der Waals surface area contributed by atoms with Crippen molar-refractivity contribution >= 4 is 23.0 Å². The van der Waals surface area contributed by atoms with Crippen molar-refractivity contribution in [2.24, 2.45) is 11.8 Å². The van der Waals surface area contributed by atoms with Crippen molar-refractivity contribution in [2.75, 3.05) is 62.3 Å². The highest BCUT2D eigenvalue weighted by molar-refractivity contribution is 6.31. The topological polar surface area (TPSA) is 42.4 Å². The smallest absolute Gasteiger partial charge is 0.208 e. The molecule has 0 amide bonds. The summed E-state index contributed by atoms with van der Waals surface area (Å²) in [4.78, 5) is 9.08. The fourth-order valence-electron chi connectivity index (χ4n) is 6.72. The van der Waals surface area contributed by atoms with Crippen LogP contribution in [0.3, 0.4) is 0 Å². The maximum atomic E-state index is 14.5. The second-order valence-corrected chi connectivity index (χ2v) is 11.6. The van der Waals surface area contributed by atoms with Crippen LogP contribution in [0.4, 0.5) is 15.8 Å². The van der Waals surface area contributed by atoms with Gasteiger partial charge in [0.05, 0.1) is 29.6 Å². The van der Waals surface area contributed by atoms with Gasteiger partial charge in [0.25, 0.3) is 0 Å². The van der Waals surface area contributed by atoms with Gasteiger partial charge in [-0.15, -0.1) is 0 Å². The van der Waals surface area contributed by atoms with Gasteiger partial charge in [-0.05, 0) is 56.4 Å². The molecule has 196 valence electrons. The van der Waals surface area contributed by atoms with Gasteiger partial charge in [-0.25, -0.2) is 4.39 Å². The number of aliphatic hydroxyl groups is 1. The van der Waals surface area contributed by atoms with E-state index in [4.69, 9.17) is 16.3 Å². The summed E-state index contributed by atoms with van der Waals surface area (Å²) >= 11 is 6.22. The average molecular weight is 509 g/mol. The second kappa shape index (κ2) is 11.1.